The van der Waals surface area contributed by atoms with Crippen LogP contribution < -0.4 is 4.72 Å². The van der Waals surface area contributed by atoms with Crippen molar-refractivity contribution in [2.45, 2.75) is 24.6 Å². The number of ether oxygens (including phenoxy) is 1. The molecule has 2 heterocycles. The quantitative estimate of drug-likeness (QED) is 0.778. The van der Waals surface area contributed by atoms with Gasteiger partial charge in [0.15, 0.2) is 0 Å². The Morgan fingerprint density at radius 1 is 1.43 bits per heavy atom. The number of sulfonamides is 1. The molecular formula is C13H17N3O5S2. The van der Waals surface area contributed by atoms with Crippen LogP contribution in [0.5, 0.6) is 0 Å². The number of carboxylic acid groups (broad SMARTS) is 1. The molecule has 2 aromatic heterocycles. The zero-order valence-electron chi connectivity index (χ0n) is 12.9. The molecule has 0 bridgehead atoms. The highest BCUT2D eigenvalue weighted by Gasteiger charge is 2.22. The van der Waals surface area contributed by atoms with Crippen LogP contribution in [0, 0.1) is 13.8 Å². The third kappa shape index (κ3) is 3.71. The summed E-state index contributed by atoms with van der Waals surface area (Å²) in [5.41, 5.74) is 1.60. The van der Waals surface area contributed by atoms with Crippen molar-refractivity contribution in [3.63, 3.8) is 0 Å². The van der Waals surface area contributed by atoms with Crippen LogP contribution >= 0.6 is 11.3 Å². The molecule has 0 radical (unpaired) electrons. The van der Waals surface area contributed by atoms with E-state index in [1.807, 2.05) is 0 Å². The molecular weight excluding hydrogens is 342 g/mol. The predicted molar refractivity (Wildman–Crippen MR) is 85.7 cm³/mol. The number of hydrogen-bond donors (Lipinski definition) is 2. The van der Waals surface area contributed by atoms with E-state index >= 15 is 0 Å². The lowest BCUT2D eigenvalue weighted by molar-refractivity contribution is 0.0702. The van der Waals surface area contributed by atoms with E-state index in [1.165, 1.54) is 12.1 Å². The van der Waals surface area contributed by atoms with Gasteiger partial charge in [-0.2, -0.15) is 5.10 Å². The molecule has 8 nitrogen and oxygen atoms in total. The molecule has 0 saturated heterocycles. The summed E-state index contributed by atoms with van der Waals surface area (Å²) in [6.45, 7) is 4.42. The molecule has 126 valence electrons. The van der Waals surface area contributed by atoms with E-state index in [0.717, 1.165) is 0 Å². The van der Waals surface area contributed by atoms with Gasteiger partial charge in [0.25, 0.3) is 10.0 Å². The van der Waals surface area contributed by atoms with Crippen molar-refractivity contribution in [1.29, 1.82) is 0 Å². The molecule has 0 atom stereocenters. The van der Waals surface area contributed by atoms with Crippen LogP contribution in [0.1, 0.15) is 21.1 Å². The minimum Gasteiger partial charge on any atom is -0.477 e. The van der Waals surface area contributed by atoms with Crippen molar-refractivity contribution in [2.75, 3.05) is 18.4 Å². The number of carboxylic acids is 1. The molecule has 2 rings (SSSR count). The van der Waals surface area contributed by atoms with E-state index in [9.17, 15) is 13.2 Å². The normalized spacial score (nSPS) is 11.6. The van der Waals surface area contributed by atoms with E-state index in [0.29, 0.717) is 41.6 Å². The Balaban J connectivity index is 2.29. The van der Waals surface area contributed by atoms with Crippen LogP contribution in [-0.2, 0) is 21.3 Å². The monoisotopic (exact) mass is 359 g/mol. The van der Waals surface area contributed by atoms with Crippen molar-refractivity contribution < 1.29 is 23.1 Å². The molecule has 0 aliphatic carbocycles. The zero-order chi connectivity index (χ0) is 17.2. The first-order chi connectivity index (χ1) is 10.8. The highest BCUT2D eigenvalue weighted by Crippen LogP contribution is 2.27. The van der Waals surface area contributed by atoms with Gasteiger partial charge in [0, 0.05) is 7.11 Å². The third-order valence-corrected chi connectivity index (χ3v) is 6.10. The van der Waals surface area contributed by atoms with Gasteiger partial charge in [0.05, 0.1) is 30.2 Å². The van der Waals surface area contributed by atoms with Crippen LogP contribution in [0.3, 0.4) is 0 Å². The Bertz CT molecular complexity index is 823. The summed E-state index contributed by atoms with van der Waals surface area (Å²) in [5, 5.41) is 13.2. The molecule has 2 aromatic rings. The molecule has 23 heavy (non-hydrogen) atoms. The summed E-state index contributed by atoms with van der Waals surface area (Å²) in [7, 11) is -2.28. The van der Waals surface area contributed by atoms with E-state index in [-0.39, 0.29) is 9.09 Å². The standard InChI is InChI=1S/C13H17N3O5S2/c1-8-12(9(2)16(14-8)6-7-21-3)15-23(19,20)11-5-4-10(22-11)13(17)18/h4-5,15H,6-7H2,1-3H3,(H,17,18). The van der Waals surface area contributed by atoms with Crippen LogP contribution in [0.2, 0.25) is 0 Å². The first-order valence-corrected chi connectivity index (χ1v) is 8.95. The summed E-state index contributed by atoms with van der Waals surface area (Å²) >= 11 is 0.702. The Hall–Kier alpha value is -1.91. The van der Waals surface area contributed by atoms with E-state index in [1.54, 1.807) is 25.6 Å². The number of methoxy groups -OCH3 is 1. The fourth-order valence-electron chi connectivity index (χ4n) is 2.00. The van der Waals surface area contributed by atoms with E-state index < -0.39 is 16.0 Å². The fourth-order valence-corrected chi connectivity index (χ4v) is 4.33. The average molecular weight is 359 g/mol. The number of nitrogens with one attached hydrogen (secondary N) is 1. The summed E-state index contributed by atoms with van der Waals surface area (Å²) in [6.07, 6.45) is 0. The molecule has 0 aromatic carbocycles. The van der Waals surface area contributed by atoms with E-state index in [2.05, 4.69) is 9.82 Å². The number of nitrogens with zero attached hydrogens (tertiary/aromatic N) is 2. The van der Waals surface area contributed by atoms with Crippen LogP contribution in [0.4, 0.5) is 5.69 Å². The Morgan fingerprint density at radius 3 is 2.70 bits per heavy atom. The maximum absolute atomic E-state index is 12.4. The van der Waals surface area contributed by atoms with E-state index in [4.69, 9.17) is 9.84 Å². The first-order valence-electron chi connectivity index (χ1n) is 6.65. The molecule has 2 N–H and O–H groups in total. The van der Waals surface area contributed by atoms with Crippen LogP contribution in [0.25, 0.3) is 0 Å². The minimum atomic E-state index is -3.86. The maximum atomic E-state index is 12.4. The van der Waals surface area contributed by atoms with Gasteiger partial charge in [-0.15, -0.1) is 11.3 Å². The second-order valence-corrected chi connectivity index (χ2v) is 7.78. The maximum Gasteiger partial charge on any atom is 0.345 e. The summed E-state index contributed by atoms with van der Waals surface area (Å²) < 4.78 is 33.9. The number of hydrogen-bond acceptors (Lipinski definition) is 6. The molecule has 0 aliphatic heterocycles. The lowest BCUT2D eigenvalue weighted by Crippen LogP contribution is -2.13. The average Bonchev–Trinajstić information content (AvgIpc) is 3.07. The number of anilines is 1. The number of rotatable bonds is 7. The Morgan fingerprint density at radius 2 is 2.13 bits per heavy atom. The summed E-state index contributed by atoms with van der Waals surface area (Å²) in [4.78, 5) is 10.8. The fraction of sp³-hybridized carbons (Fsp3) is 0.385. The highest BCUT2D eigenvalue weighted by molar-refractivity contribution is 7.94. The van der Waals surface area contributed by atoms with Gasteiger partial charge < -0.3 is 9.84 Å². The van der Waals surface area contributed by atoms with Gasteiger partial charge in [0.2, 0.25) is 0 Å². The molecule has 0 aliphatic rings. The van der Waals surface area contributed by atoms with Gasteiger partial charge in [-0.1, -0.05) is 0 Å². The molecule has 0 amide bonds. The van der Waals surface area contributed by atoms with Gasteiger partial charge >= 0.3 is 5.97 Å². The van der Waals surface area contributed by atoms with Gasteiger partial charge in [-0.3, -0.25) is 9.40 Å². The SMILES string of the molecule is COCCn1nc(C)c(NS(=O)(=O)c2ccc(C(=O)O)s2)c1C. The number of thiophene rings is 1. The van der Waals surface area contributed by atoms with Crippen molar-refractivity contribution in [3.8, 4) is 0 Å². The lowest BCUT2D eigenvalue weighted by atomic mass is 10.3. The van der Waals surface area contributed by atoms with Crippen molar-refractivity contribution in [2.24, 2.45) is 0 Å². The topological polar surface area (TPSA) is 111 Å². The highest BCUT2D eigenvalue weighted by atomic mass is 32.2. The lowest BCUT2D eigenvalue weighted by Gasteiger charge is -2.07. The summed E-state index contributed by atoms with van der Waals surface area (Å²) in [6, 6.07) is 2.54. The predicted octanol–water partition coefficient (Wildman–Crippen LogP) is 1.71. The molecule has 10 heteroatoms. The van der Waals surface area contributed by atoms with Gasteiger partial charge in [0.1, 0.15) is 9.09 Å². The second kappa shape index (κ2) is 6.69. The Kier molecular flexibility index (Phi) is 5.07. The van der Waals surface area contributed by atoms with Crippen molar-refractivity contribution in [1.82, 2.24) is 9.78 Å². The molecule has 0 fully saturated rings. The van der Waals surface area contributed by atoms with Crippen molar-refractivity contribution in [3.05, 3.63) is 28.4 Å². The van der Waals surface area contributed by atoms with Crippen LogP contribution in [0.15, 0.2) is 16.3 Å². The molecule has 0 saturated carbocycles. The van der Waals surface area contributed by atoms with Crippen molar-refractivity contribution >= 4 is 33.0 Å². The number of aryl methyl sites for hydroxylation is 1. The first kappa shape index (κ1) is 17.4. The van der Waals surface area contributed by atoms with Crippen LogP contribution in [-0.4, -0.2) is 43.0 Å². The molecule has 0 spiro atoms. The third-order valence-electron chi connectivity index (χ3n) is 3.18. The number of aromatic nitrogens is 2. The zero-order valence-corrected chi connectivity index (χ0v) is 14.5. The van der Waals surface area contributed by atoms with Gasteiger partial charge in [-0.25, -0.2) is 13.2 Å². The largest absolute Gasteiger partial charge is 0.477 e. The smallest absolute Gasteiger partial charge is 0.345 e. The second-order valence-electron chi connectivity index (χ2n) is 4.79. The van der Waals surface area contributed by atoms with Gasteiger partial charge in [-0.05, 0) is 26.0 Å². The minimum absolute atomic E-state index is 0.0328. The molecule has 0 unspecified atom stereocenters. The summed E-state index contributed by atoms with van der Waals surface area (Å²) in [5.74, 6) is -1.16. The Labute approximate surface area is 137 Å². The number of aromatic carboxylic acids is 1. The number of carbonyl (C=O) groups is 1.